The van der Waals surface area contributed by atoms with Crippen LogP contribution in [0.25, 0.3) is 0 Å². The first-order chi connectivity index (χ1) is 8.72. The fourth-order valence-corrected chi connectivity index (χ4v) is 2.70. The molecule has 0 aliphatic carbocycles. The van der Waals surface area contributed by atoms with Crippen LogP contribution in [0.4, 0.5) is 0 Å². The summed E-state index contributed by atoms with van der Waals surface area (Å²) in [7, 11) is 1.98. The molecule has 0 bridgehead atoms. The number of likely N-dealkylation sites (tertiary alicyclic amines) is 1. The smallest absolute Gasteiger partial charge is 0.211 e. The van der Waals surface area contributed by atoms with Gasteiger partial charge in [-0.2, -0.15) is 0 Å². The molecule has 1 aromatic heterocycles. The van der Waals surface area contributed by atoms with E-state index in [-0.39, 0.29) is 0 Å². The van der Waals surface area contributed by atoms with Gasteiger partial charge in [-0.05, 0) is 53.2 Å². The van der Waals surface area contributed by atoms with Gasteiger partial charge in [0.05, 0.1) is 12.2 Å². The van der Waals surface area contributed by atoms with Crippen molar-refractivity contribution in [3.8, 4) is 0 Å². The SMILES string of the molecule is CNCCCc1cnc(C2CCCN2C(C)C)o1. The van der Waals surface area contributed by atoms with Crippen LogP contribution in [0.2, 0.25) is 0 Å². The molecular formula is C14H25N3O. The highest BCUT2D eigenvalue weighted by Gasteiger charge is 2.31. The molecule has 0 spiro atoms. The minimum atomic E-state index is 0.392. The monoisotopic (exact) mass is 251 g/mol. The van der Waals surface area contributed by atoms with Crippen molar-refractivity contribution < 1.29 is 4.42 Å². The zero-order valence-corrected chi connectivity index (χ0v) is 11.8. The van der Waals surface area contributed by atoms with Crippen molar-refractivity contribution >= 4 is 0 Å². The Bertz CT molecular complexity index is 362. The lowest BCUT2D eigenvalue weighted by molar-refractivity contribution is 0.177. The maximum atomic E-state index is 5.91. The Balaban J connectivity index is 1.96. The highest BCUT2D eigenvalue weighted by atomic mass is 16.4. The number of nitrogens with one attached hydrogen (secondary N) is 1. The van der Waals surface area contributed by atoms with Crippen molar-refractivity contribution in [2.75, 3.05) is 20.1 Å². The van der Waals surface area contributed by atoms with Crippen molar-refractivity contribution in [1.82, 2.24) is 15.2 Å². The van der Waals surface area contributed by atoms with Crippen LogP contribution in [0, 0.1) is 0 Å². The Morgan fingerprint density at radius 1 is 1.56 bits per heavy atom. The van der Waals surface area contributed by atoms with Crippen LogP contribution in [0.3, 0.4) is 0 Å². The van der Waals surface area contributed by atoms with E-state index in [4.69, 9.17) is 4.42 Å². The summed E-state index contributed by atoms with van der Waals surface area (Å²) in [5.41, 5.74) is 0. The van der Waals surface area contributed by atoms with Crippen LogP contribution < -0.4 is 5.32 Å². The largest absolute Gasteiger partial charge is 0.444 e. The molecule has 1 saturated heterocycles. The van der Waals surface area contributed by atoms with Gasteiger partial charge in [-0.3, -0.25) is 4.90 Å². The van der Waals surface area contributed by atoms with Crippen molar-refractivity contribution in [3.63, 3.8) is 0 Å². The second kappa shape index (κ2) is 6.34. The highest BCUT2D eigenvalue weighted by Crippen LogP contribution is 2.33. The molecule has 1 aliphatic heterocycles. The average molecular weight is 251 g/mol. The van der Waals surface area contributed by atoms with Crippen LogP contribution in [0.15, 0.2) is 10.6 Å². The van der Waals surface area contributed by atoms with Crippen molar-refractivity contribution in [1.29, 1.82) is 0 Å². The minimum absolute atomic E-state index is 0.392. The Labute approximate surface area is 110 Å². The van der Waals surface area contributed by atoms with Gasteiger partial charge in [0.2, 0.25) is 5.89 Å². The molecule has 0 radical (unpaired) electrons. The molecule has 102 valence electrons. The molecule has 0 amide bonds. The van der Waals surface area contributed by atoms with Crippen molar-refractivity contribution in [2.45, 2.75) is 51.6 Å². The van der Waals surface area contributed by atoms with Gasteiger partial charge >= 0.3 is 0 Å². The quantitative estimate of drug-likeness (QED) is 0.788. The van der Waals surface area contributed by atoms with Gasteiger partial charge in [-0.1, -0.05) is 0 Å². The van der Waals surface area contributed by atoms with Crippen molar-refractivity contribution in [3.05, 3.63) is 17.8 Å². The van der Waals surface area contributed by atoms with Gasteiger partial charge in [0.1, 0.15) is 5.76 Å². The van der Waals surface area contributed by atoms with Gasteiger partial charge in [0, 0.05) is 12.5 Å². The topological polar surface area (TPSA) is 41.3 Å². The van der Waals surface area contributed by atoms with E-state index in [0.717, 1.165) is 31.0 Å². The number of nitrogens with zero attached hydrogens (tertiary/aromatic N) is 2. The van der Waals surface area contributed by atoms with E-state index in [1.165, 1.54) is 19.4 Å². The Kier molecular flexibility index (Phi) is 4.78. The second-order valence-corrected chi connectivity index (χ2v) is 5.36. The fourth-order valence-electron chi connectivity index (χ4n) is 2.70. The molecule has 4 nitrogen and oxygen atoms in total. The third-order valence-electron chi connectivity index (χ3n) is 3.66. The van der Waals surface area contributed by atoms with Gasteiger partial charge in [0.25, 0.3) is 0 Å². The molecule has 1 aliphatic rings. The molecule has 2 rings (SSSR count). The predicted molar refractivity (Wildman–Crippen MR) is 72.6 cm³/mol. The fraction of sp³-hybridized carbons (Fsp3) is 0.786. The summed E-state index contributed by atoms with van der Waals surface area (Å²) in [6, 6.07) is 0.959. The van der Waals surface area contributed by atoms with Crippen LogP contribution in [0.1, 0.15) is 50.8 Å². The van der Waals surface area contributed by atoms with Crippen molar-refractivity contribution in [2.24, 2.45) is 0 Å². The normalized spacial score (nSPS) is 21.0. The number of aromatic nitrogens is 1. The van der Waals surface area contributed by atoms with E-state index >= 15 is 0 Å². The lowest BCUT2D eigenvalue weighted by atomic mass is 10.2. The zero-order chi connectivity index (χ0) is 13.0. The number of oxazole rings is 1. The number of hydrogen-bond acceptors (Lipinski definition) is 4. The van der Waals surface area contributed by atoms with Gasteiger partial charge < -0.3 is 9.73 Å². The second-order valence-electron chi connectivity index (χ2n) is 5.36. The highest BCUT2D eigenvalue weighted by molar-refractivity contribution is 5.01. The van der Waals surface area contributed by atoms with E-state index in [2.05, 4.69) is 29.0 Å². The summed E-state index contributed by atoms with van der Waals surface area (Å²) in [5, 5.41) is 3.15. The summed E-state index contributed by atoms with van der Waals surface area (Å²) in [5.74, 6) is 1.94. The Hall–Kier alpha value is -0.870. The first-order valence-corrected chi connectivity index (χ1v) is 7.07. The lowest BCUT2D eigenvalue weighted by Gasteiger charge is -2.25. The van der Waals surface area contributed by atoms with Crippen LogP contribution >= 0.6 is 0 Å². The van der Waals surface area contributed by atoms with E-state index in [9.17, 15) is 0 Å². The molecule has 0 aromatic carbocycles. The third-order valence-corrected chi connectivity index (χ3v) is 3.66. The molecular weight excluding hydrogens is 226 g/mol. The molecule has 2 heterocycles. The van der Waals surface area contributed by atoms with E-state index in [1.807, 2.05) is 13.2 Å². The standard InChI is InChI=1S/C14H25N3O/c1-11(2)17-9-5-7-13(17)14-16-10-12(18-14)6-4-8-15-3/h10-11,13,15H,4-9H2,1-3H3. The molecule has 1 unspecified atom stereocenters. The first kappa shape index (κ1) is 13.6. The van der Waals surface area contributed by atoms with E-state index in [0.29, 0.717) is 12.1 Å². The molecule has 1 atom stereocenters. The maximum Gasteiger partial charge on any atom is 0.211 e. The minimum Gasteiger partial charge on any atom is -0.444 e. The van der Waals surface area contributed by atoms with Crippen LogP contribution in [0.5, 0.6) is 0 Å². The lowest BCUT2D eigenvalue weighted by Crippen LogP contribution is -2.30. The maximum absolute atomic E-state index is 5.91. The first-order valence-electron chi connectivity index (χ1n) is 7.07. The molecule has 4 heteroatoms. The van der Waals surface area contributed by atoms with Gasteiger partial charge in [-0.15, -0.1) is 0 Å². The number of aryl methyl sites for hydroxylation is 1. The Morgan fingerprint density at radius 2 is 2.39 bits per heavy atom. The third kappa shape index (κ3) is 3.12. The molecule has 1 aromatic rings. The Morgan fingerprint density at radius 3 is 3.11 bits per heavy atom. The van der Waals surface area contributed by atoms with Gasteiger partial charge in [0.15, 0.2) is 0 Å². The van der Waals surface area contributed by atoms with Crippen LogP contribution in [-0.2, 0) is 6.42 Å². The number of rotatable bonds is 6. The molecule has 0 saturated carbocycles. The van der Waals surface area contributed by atoms with E-state index < -0.39 is 0 Å². The molecule has 1 N–H and O–H groups in total. The summed E-state index contributed by atoms with van der Waals surface area (Å²) in [6.07, 6.45) is 6.41. The molecule has 1 fully saturated rings. The number of hydrogen-bond donors (Lipinski definition) is 1. The predicted octanol–water partition coefficient (Wildman–Crippen LogP) is 2.37. The summed E-state index contributed by atoms with van der Waals surface area (Å²) < 4.78 is 5.91. The molecule has 18 heavy (non-hydrogen) atoms. The van der Waals surface area contributed by atoms with Gasteiger partial charge in [-0.25, -0.2) is 4.98 Å². The zero-order valence-electron chi connectivity index (χ0n) is 11.8. The summed E-state index contributed by atoms with van der Waals surface area (Å²) in [4.78, 5) is 6.97. The summed E-state index contributed by atoms with van der Waals surface area (Å²) in [6.45, 7) is 6.68. The summed E-state index contributed by atoms with van der Waals surface area (Å²) >= 11 is 0. The van der Waals surface area contributed by atoms with E-state index in [1.54, 1.807) is 0 Å². The average Bonchev–Trinajstić information content (AvgIpc) is 2.96. The van der Waals surface area contributed by atoms with Crippen LogP contribution in [-0.4, -0.2) is 36.1 Å².